The van der Waals surface area contributed by atoms with Crippen LogP contribution in [0.25, 0.3) is 11.2 Å². The SMILES string of the molecule is O=C(Cn1c(=O)n(Cc2ccccc2Cl)c(=O)c2nccnc21)NCc1ccc2c(c1)OCO2. The summed E-state index contributed by atoms with van der Waals surface area (Å²) in [6.45, 7) is -0.0385. The Hall–Kier alpha value is -4.18. The molecule has 0 unspecified atom stereocenters. The van der Waals surface area contributed by atoms with E-state index in [1.807, 2.05) is 6.07 Å². The van der Waals surface area contributed by atoms with E-state index in [2.05, 4.69) is 15.3 Å². The van der Waals surface area contributed by atoms with Gasteiger partial charge >= 0.3 is 5.69 Å². The average molecular weight is 480 g/mol. The van der Waals surface area contributed by atoms with Gasteiger partial charge < -0.3 is 14.8 Å². The topological polar surface area (TPSA) is 117 Å². The number of halogens is 1. The Labute approximate surface area is 197 Å². The van der Waals surface area contributed by atoms with Crippen molar-refractivity contribution in [1.82, 2.24) is 24.4 Å². The second kappa shape index (κ2) is 8.99. The highest BCUT2D eigenvalue weighted by molar-refractivity contribution is 6.31. The molecule has 10 nitrogen and oxygen atoms in total. The molecule has 34 heavy (non-hydrogen) atoms. The van der Waals surface area contributed by atoms with Gasteiger partial charge in [0.2, 0.25) is 12.7 Å². The molecule has 1 aliphatic rings. The van der Waals surface area contributed by atoms with E-state index in [4.69, 9.17) is 21.1 Å². The van der Waals surface area contributed by atoms with Crippen molar-refractivity contribution in [3.63, 3.8) is 0 Å². The van der Waals surface area contributed by atoms with Gasteiger partial charge in [-0.3, -0.25) is 18.7 Å². The second-order valence-corrected chi connectivity index (χ2v) is 7.95. The summed E-state index contributed by atoms with van der Waals surface area (Å²) in [5, 5.41) is 3.19. The first-order chi connectivity index (χ1) is 16.5. The predicted molar refractivity (Wildman–Crippen MR) is 123 cm³/mol. The zero-order valence-electron chi connectivity index (χ0n) is 17.7. The van der Waals surface area contributed by atoms with Crippen LogP contribution in [0.3, 0.4) is 0 Å². The van der Waals surface area contributed by atoms with Crippen molar-refractivity contribution >= 4 is 28.7 Å². The highest BCUT2D eigenvalue weighted by Crippen LogP contribution is 2.32. The van der Waals surface area contributed by atoms with Crippen molar-refractivity contribution in [3.05, 3.63) is 91.8 Å². The van der Waals surface area contributed by atoms with Gasteiger partial charge in [0.1, 0.15) is 6.54 Å². The van der Waals surface area contributed by atoms with Crippen LogP contribution in [0, 0.1) is 0 Å². The number of carbonyl (C=O) groups is 1. The lowest BCUT2D eigenvalue weighted by atomic mass is 10.2. The van der Waals surface area contributed by atoms with Crippen LogP contribution in [0.1, 0.15) is 11.1 Å². The molecule has 1 N–H and O–H groups in total. The van der Waals surface area contributed by atoms with Gasteiger partial charge in [0, 0.05) is 24.0 Å². The normalized spacial score (nSPS) is 12.1. The van der Waals surface area contributed by atoms with E-state index in [0.29, 0.717) is 22.1 Å². The zero-order chi connectivity index (χ0) is 23.7. The maximum Gasteiger partial charge on any atom is 0.333 e. The Morgan fingerprint density at radius 3 is 2.68 bits per heavy atom. The Bertz CT molecular complexity index is 1530. The third-order valence-corrected chi connectivity index (χ3v) is 5.73. The molecule has 0 atom stereocenters. The van der Waals surface area contributed by atoms with Crippen LogP contribution >= 0.6 is 11.6 Å². The van der Waals surface area contributed by atoms with Crippen molar-refractivity contribution in [2.24, 2.45) is 0 Å². The average Bonchev–Trinajstić information content (AvgIpc) is 3.32. The summed E-state index contributed by atoms with van der Waals surface area (Å²) in [5.41, 5.74) is 0.119. The summed E-state index contributed by atoms with van der Waals surface area (Å²) >= 11 is 6.22. The lowest BCUT2D eigenvalue weighted by Crippen LogP contribution is -2.43. The van der Waals surface area contributed by atoms with Crippen LogP contribution in [0.2, 0.25) is 5.02 Å². The number of ether oxygens (including phenoxy) is 2. The fourth-order valence-electron chi connectivity index (χ4n) is 3.66. The van der Waals surface area contributed by atoms with Crippen LogP contribution in [0.5, 0.6) is 11.5 Å². The number of benzene rings is 2. The number of aromatic nitrogens is 4. The minimum absolute atomic E-state index is 0.0160. The number of amides is 1. The second-order valence-electron chi connectivity index (χ2n) is 7.54. The molecule has 11 heteroatoms. The summed E-state index contributed by atoms with van der Waals surface area (Å²) in [6.07, 6.45) is 2.72. The van der Waals surface area contributed by atoms with Gasteiger partial charge in [0.15, 0.2) is 22.7 Å². The molecule has 0 spiro atoms. The number of hydrogen-bond donors (Lipinski definition) is 1. The highest BCUT2D eigenvalue weighted by atomic mass is 35.5. The molecule has 1 amide bonds. The van der Waals surface area contributed by atoms with E-state index < -0.39 is 17.2 Å². The standard InChI is InChI=1S/C23H18ClN5O5/c24-16-4-2-1-3-15(16)11-29-22(31)20-21(26-8-7-25-20)28(23(29)32)12-19(30)27-10-14-5-6-17-18(9-14)34-13-33-17/h1-9H,10-13H2,(H,27,30). The van der Waals surface area contributed by atoms with E-state index in [0.717, 1.165) is 14.7 Å². The molecule has 4 aromatic rings. The molecule has 0 fully saturated rings. The maximum atomic E-state index is 13.3. The third-order valence-electron chi connectivity index (χ3n) is 5.36. The molecular formula is C23H18ClN5O5. The van der Waals surface area contributed by atoms with Crippen molar-refractivity contribution < 1.29 is 14.3 Å². The van der Waals surface area contributed by atoms with Crippen LogP contribution in [0.4, 0.5) is 0 Å². The van der Waals surface area contributed by atoms with Crippen LogP contribution in [0.15, 0.2) is 64.4 Å². The van der Waals surface area contributed by atoms with Gasteiger partial charge in [0.05, 0.1) is 6.54 Å². The summed E-state index contributed by atoms with van der Waals surface area (Å²) in [7, 11) is 0. The molecule has 0 bridgehead atoms. The molecule has 0 saturated heterocycles. The summed E-state index contributed by atoms with van der Waals surface area (Å²) in [4.78, 5) is 47.2. The minimum Gasteiger partial charge on any atom is -0.454 e. The third kappa shape index (κ3) is 4.11. The predicted octanol–water partition coefficient (Wildman–Crippen LogP) is 1.70. The van der Waals surface area contributed by atoms with Crippen molar-refractivity contribution in [2.75, 3.05) is 6.79 Å². The van der Waals surface area contributed by atoms with E-state index in [1.165, 1.54) is 12.4 Å². The Morgan fingerprint density at radius 2 is 1.82 bits per heavy atom. The lowest BCUT2D eigenvalue weighted by Gasteiger charge is -2.13. The lowest BCUT2D eigenvalue weighted by molar-refractivity contribution is -0.121. The molecular weight excluding hydrogens is 462 g/mol. The Balaban J connectivity index is 1.44. The van der Waals surface area contributed by atoms with Crippen LogP contribution < -0.4 is 26.0 Å². The van der Waals surface area contributed by atoms with Gasteiger partial charge in [-0.15, -0.1) is 0 Å². The zero-order valence-corrected chi connectivity index (χ0v) is 18.5. The molecule has 5 rings (SSSR count). The molecule has 172 valence electrons. The summed E-state index contributed by atoms with van der Waals surface area (Å²) < 4.78 is 12.8. The number of fused-ring (bicyclic) bond motifs is 2. The fourth-order valence-corrected chi connectivity index (χ4v) is 3.86. The molecule has 1 aliphatic heterocycles. The van der Waals surface area contributed by atoms with Crippen molar-refractivity contribution in [3.8, 4) is 11.5 Å². The first kappa shape index (κ1) is 21.7. The number of nitrogens with zero attached hydrogens (tertiary/aromatic N) is 4. The molecule has 0 saturated carbocycles. The molecule has 3 heterocycles. The Kier molecular flexibility index (Phi) is 5.72. The quantitative estimate of drug-likeness (QED) is 0.447. The van der Waals surface area contributed by atoms with Gasteiger partial charge in [-0.1, -0.05) is 35.9 Å². The van der Waals surface area contributed by atoms with Crippen molar-refractivity contribution in [2.45, 2.75) is 19.6 Å². The van der Waals surface area contributed by atoms with Crippen molar-refractivity contribution in [1.29, 1.82) is 0 Å². The highest BCUT2D eigenvalue weighted by Gasteiger charge is 2.18. The smallest absolute Gasteiger partial charge is 0.333 e. The van der Waals surface area contributed by atoms with Gasteiger partial charge in [-0.25, -0.2) is 14.8 Å². The largest absolute Gasteiger partial charge is 0.454 e. The van der Waals surface area contributed by atoms with E-state index in [1.54, 1.807) is 36.4 Å². The van der Waals surface area contributed by atoms with Gasteiger partial charge in [-0.2, -0.15) is 0 Å². The van der Waals surface area contributed by atoms with Gasteiger partial charge in [-0.05, 0) is 29.3 Å². The molecule has 2 aromatic carbocycles. The van der Waals surface area contributed by atoms with Crippen LogP contribution in [-0.2, 0) is 24.4 Å². The number of hydrogen-bond acceptors (Lipinski definition) is 7. The first-order valence-electron chi connectivity index (χ1n) is 10.3. The number of carbonyl (C=O) groups excluding carboxylic acids is 1. The summed E-state index contributed by atoms with van der Waals surface area (Å²) in [5.74, 6) is 0.818. The van der Waals surface area contributed by atoms with E-state index in [9.17, 15) is 14.4 Å². The minimum atomic E-state index is -0.684. The van der Waals surface area contributed by atoms with Gasteiger partial charge in [0.25, 0.3) is 5.56 Å². The molecule has 0 radical (unpaired) electrons. The summed E-state index contributed by atoms with van der Waals surface area (Å²) in [6, 6.07) is 12.3. The maximum absolute atomic E-state index is 13.3. The first-order valence-corrected chi connectivity index (χ1v) is 10.7. The van der Waals surface area contributed by atoms with Crippen LogP contribution in [-0.4, -0.2) is 31.8 Å². The number of rotatable bonds is 6. The Morgan fingerprint density at radius 1 is 1.03 bits per heavy atom. The van der Waals surface area contributed by atoms with E-state index >= 15 is 0 Å². The number of nitrogens with one attached hydrogen (secondary N) is 1. The molecule has 0 aliphatic carbocycles. The fraction of sp³-hybridized carbons (Fsp3) is 0.174. The molecule has 2 aromatic heterocycles. The monoisotopic (exact) mass is 479 g/mol. The van der Waals surface area contributed by atoms with E-state index in [-0.39, 0.29) is 37.6 Å².